The van der Waals surface area contributed by atoms with Crippen LogP contribution < -0.4 is 4.74 Å². The lowest BCUT2D eigenvalue weighted by Crippen LogP contribution is -2.30. The molecule has 0 heterocycles. The molecule has 0 radical (unpaired) electrons. The maximum Gasteiger partial charge on any atom is 0.327 e. The average molecular weight is 376 g/mol. The molecule has 22 heavy (non-hydrogen) atoms. The van der Waals surface area contributed by atoms with E-state index in [1.54, 1.807) is 20.8 Å². The van der Waals surface area contributed by atoms with Crippen molar-refractivity contribution in [3.63, 3.8) is 0 Å². The third-order valence-corrected chi connectivity index (χ3v) is 3.31. The van der Waals surface area contributed by atoms with Crippen molar-refractivity contribution in [2.75, 3.05) is 0 Å². The number of hydrogen-bond acceptors (Lipinski definition) is 6. The van der Waals surface area contributed by atoms with Crippen molar-refractivity contribution in [3.8, 4) is 5.75 Å². The van der Waals surface area contributed by atoms with Crippen molar-refractivity contribution in [1.82, 2.24) is 0 Å². The molecule has 1 aromatic carbocycles. The quantitative estimate of drug-likeness (QED) is 0.197. The van der Waals surface area contributed by atoms with Gasteiger partial charge in [-0.05, 0) is 32.4 Å². The Hall–Kier alpha value is -1.51. The van der Waals surface area contributed by atoms with Crippen LogP contribution in [0.1, 0.15) is 32.8 Å². The molecule has 0 aliphatic carbocycles. The highest BCUT2D eigenvalue weighted by molar-refractivity contribution is 9.10. The Morgan fingerprint density at radius 2 is 2.00 bits per heavy atom. The minimum absolute atomic E-state index is 0.00258. The van der Waals surface area contributed by atoms with Gasteiger partial charge in [-0.3, -0.25) is 14.9 Å². The summed E-state index contributed by atoms with van der Waals surface area (Å²) in [5.74, 6) is -2.53. The summed E-state index contributed by atoms with van der Waals surface area (Å²) in [5.41, 5.74) is -0.187. The molecule has 122 valence electrons. The van der Waals surface area contributed by atoms with Gasteiger partial charge in [0.2, 0.25) is 0 Å². The van der Waals surface area contributed by atoms with E-state index < -0.39 is 21.0 Å². The van der Waals surface area contributed by atoms with Crippen molar-refractivity contribution < 1.29 is 24.7 Å². The Morgan fingerprint density at radius 1 is 1.41 bits per heavy atom. The van der Waals surface area contributed by atoms with E-state index in [-0.39, 0.29) is 29.8 Å². The Morgan fingerprint density at radius 3 is 2.45 bits per heavy atom. The van der Waals surface area contributed by atoms with Crippen molar-refractivity contribution >= 4 is 27.6 Å². The molecule has 0 aliphatic rings. The normalized spacial score (nSPS) is 12.1. The molecule has 0 saturated heterocycles. The van der Waals surface area contributed by atoms with Crippen LogP contribution in [-0.4, -0.2) is 31.2 Å². The van der Waals surface area contributed by atoms with Crippen LogP contribution in [0.5, 0.6) is 5.75 Å². The summed E-state index contributed by atoms with van der Waals surface area (Å²) < 4.78 is 4.22. The summed E-state index contributed by atoms with van der Waals surface area (Å²) in [7, 11) is 0. The molecule has 0 aromatic heterocycles. The zero-order valence-electron chi connectivity index (χ0n) is 12.5. The van der Waals surface area contributed by atoms with Gasteiger partial charge in [0.15, 0.2) is 5.79 Å². The molecular formula is C14H18BrNO6. The number of halogens is 1. The fourth-order valence-corrected chi connectivity index (χ4v) is 1.68. The van der Waals surface area contributed by atoms with E-state index in [1.165, 1.54) is 18.2 Å². The van der Waals surface area contributed by atoms with Gasteiger partial charge in [-0.25, -0.2) is 0 Å². The SMILES string of the molecule is CCC(O)(O)Cc1cc(OC(=O)C(C)(C)Br)ccc1[N+](=O)[O-]. The first-order valence-corrected chi connectivity index (χ1v) is 7.39. The highest BCUT2D eigenvalue weighted by Crippen LogP contribution is 2.29. The van der Waals surface area contributed by atoms with Crippen LogP contribution in [0.15, 0.2) is 18.2 Å². The van der Waals surface area contributed by atoms with Crippen LogP contribution in [0, 0.1) is 10.1 Å². The number of nitrogens with zero attached hydrogens (tertiary/aromatic N) is 1. The number of nitro groups is 1. The van der Waals surface area contributed by atoms with Gasteiger partial charge in [0.05, 0.1) is 4.92 Å². The zero-order valence-corrected chi connectivity index (χ0v) is 14.1. The maximum atomic E-state index is 11.8. The molecule has 2 N–H and O–H groups in total. The first kappa shape index (κ1) is 18.5. The number of ether oxygens (including phenoxy) is 1. The smallest absolute Gasteiger partial charge is 0.327 e. The molecule has 8 heteroatoms. The largest absolute Gasteiger partial charge is 0.425 e. The zero-order chi connectivity index (χ0) is 17.1. The number of nitro benzene ring substituents is 1. The van der Waals surface area contributed by atoms with Gasteiger partial charge in [-0.15, -0.1) is 0 Å². The molecule has 0 fully saturated rings. The molecule has 0 atom stereocenters. The summed E-state index contributed by atoms with van der Waals surface area (Å²) in [6, 6.07) is 3.73. The minimum atomic E-state index is -2.07. The minimum Gasteiger partial charge on any atom is -0.425 e. The Kier molecular flexibility index (Phi) is 5.66. The molecule has 0 saturated carbocycles. The van der Waals surface area contributed by atoms with E-state index in [2.05, 4.69) is 15.9 Å². The Labute approximate surface area is 136 Å². The van der Waals surface area contributed by atoms with Gasteiger partial charge in [-0.1, -0.05) is 22.9 Å². The van der Waals surface area contributed by atoms with Crippen molar-refractivity contribution in [2.24, 2.45) is 0 Å². The first-order chi connectivity index (χ1) is 9.96. The predicted molar refractivity (Wildman–Crippen MR) is 82.9 cm³/mol. The standard InChI is InChI=1S/C14H18BrNO6/c1-4-14(18,19)8-9-7-10(5-6-11(9)16(20)21)22-12(17)13(2,3)15/h5-7,18-19H,4,8H2,1-3H3. The lowest BCUT2D eigenvalue weighted by atomic mass is 10.0. The van der Waals surface area contributed by atoms with Crippen LogP contribution in [0.4, 0.5) is 5.69 Å². The second-order valence-corrected chi connectivity index (χ2v) is 7.40. The number of esters is 1. The molecule has 7 nitrogen and oxygen atoms in total. The lowest BCUT2D eigenvalue weighted by Gasteiger charge is -2.20. The lowest BCUT2D eigenvalue weighted by molar-refractivity contribution is -0.386. The number of rotatable bonds is 6. The van der Waals surface area contributed by atoms with Crippen molar-refractivity contribution in [3.05, 3.63) is 33.9 Å². The number of carbonyl (C=O) groups is 1. The number of hydrogen-bond donors (Lipinski definition) is 2. The molecule has 0 aliphatic heterocycles. The fourth-order valence-electron chi connectivity index (χ4n) is 1.60. The van der Waals surface area contributed by atoms with Crippen LogP contribution in [0.2, 0.25) is 0 Å². The van der Waals surface area contributed by atoms with Gasteiger partial charge >= 0.3 is 5.97 Å². The number of alkyl halides is 1. The average Bonchev–Trinajstić information content (AvgIpc) is 2.37. The molecular weight excluding hydrogens is 358 g/mol. The van der Waals surface area contributed by atoms with Gasteiger partial charge in [0, 0.05) is 18.1 Å². The van der Waals surface area contributed by atoms with Crippen molar-refractivity contribution in [1.29, 1.82) is 0 Å². The van der Waals surface area contributed by atoms with Gasteiger partial charge in [-0.2, -0.15) is 0 Å². The molecule has 1 rings (SSSR count). The van der Waals surface area contributed by atoms with Crippen LogP contribution >= 0.6 is 15.9 Å². The van der Waals surface area contributed by atoms with Crippen LogP contribution in [0.25, 0.3) is 0 Å². The summed E-state index contributed by atoms with van der Waals surface area (Å²) in [6.07, 6.45) is -0.342. The van der Waals surface area contributed by atoms with E-state index >= 15 is 0 Å². The summed E-state index contributed by atoms with van der Waals surface area (Å²) >= 11 is 3.15. The highest BCUT2D eigenvalue weighted by atomic mass is 79.9. The van der Waals surface area contributed by atoms with Crippen LogP contribution in [-0.2, 0) is 11.2 Å². The first-order valence-electron chi connectivity index (χ1n) is 6.59. The van der Waals surface area contributed by atoms with E-state index in [0.29, 0.717) is 0 Å². The van der Waals surface area contributed by atoms with Gasteiger partial charge < -0.3 is 14.9 Å². The van der Waals surface area contributed by atoms with E-state index in [1.807, 2.05) is 0 Å². The molecule has 0 amide bonds. The summed E-state index contributed by atoms with van der Waals surface area (Å²) in [4.78, 5) is 22.2. The van der Waals surface area contributed by atoms with Crippen molar-refractivity contribution in [2.45, 2.75) is 43.7 Å². The van der Waals surface area contributed by atoms with E-state index in [9.17, 15) is 25.1 Å². The topological polar surface area (TPSA) is 110 Å². The number of benzene rings is 1. The fraction of sp³-hybridized carbons (Fsp3) is 0.500. The molecule has 0 spiro atoms. The molecule has 0 unspecified atom stereocenters. The second-order valence-electron chi connectivity index (χ2n) is 5.42. The number of aliphatic hydroxyl groups is 2. The third kappa shape index (κ3) is 5.04. The van der Waals surface area contributed by atoms with E-state index in [0.717, 1.165) is 0 Å². The molecule has 1 aromatic rings. The second kappa shape index (κ2) is 6.72. The van der Waals surface area contributed by atoms with E-state index in [4.69, 9.17) is 4.74 Å². The van der Waals surface area contributed by atoms with Gasteiger partial charge in [0.1, 0.15) is 10.1 Å². The Balaban J connectivity index is 3.15. The van der Waals surface area contributed by atoms with Gasteiger partial charge in [0.25, 0.3) is 5.69 Å². The number of carbonyl (C=O) groups excluding carboxylic acids is 1. The van der Waals surface area contributed by atoms with Crippen LogP contribution in [0.3, 0.4) is 0 Å². The summed E-state index contributed by atoms with van der Waals surface area (Å²) in [5, 5.41) is 30.4. The Bertz CT molecular complexity index is 579. The predicted octanol–water partition coefficient (Wildman–Crippen LogP) is 2.31. The monoisotopic (exact) mass is 375 g/mol. The highest BCUT2D eigenvalue weighted by Gasteiger charge is 2.29. The summed E-state index contributed by atoms with van der Waals surface area (Å²) in [6.45, 7) is 4.75. The molecule has 0 bridgehead atoms. The third-order valence-electron chi connectivity index (χ3n) is 2.98. The maximum absolute atomic E-state index is 11.8.